The minimum absolute atomic E-state index is 0.197. The molecule has 0 amide bonds. The monoisotopic (exact) mass is 308 g/mol. The number of rotatable bonds is 5. The zero-order valence-electron chi connectivity index (χ0n) is 11.6. The molecule has 1 heterocycles. The van der Waals surface area contributed by atoms with Crippen LogP contribution >= 0.6 is 23.2 Å². The van der Waals surface area contributed by atoms with Gasteiger partial charge in [0.15, 0.2) is 0 Å². The zero-order valence-corrected chi connectivity index (χ0v) is 13.1. The highest BCUT2D eigenvalue weighted by Crippen LogP contribution is 2.29. The highest BCUT2D eigenvalue weighted by molar-refractivity contribution is 6.35. The molecule has 1 aromatic carbocycles. The number of aromatic nitrogens is 1. The van der Waals surface area contributed by atoms with Crippen molar-refractivity contribution >= 4 is 23.2 Å². The Morgan fingerprint density at radius 2 is 1.85 bits per heavy atom. The fourth-order valence-corrected chi connectivity index (χ4v) is 2.80. The van der Waals surface area contributed by atoms with Crippen LogP contribution in [0.5, 0.6) is 0 Å². The van der Waals surface area contributed by atoms with Crippen LogP contribution in [0.4, 0.5) is 0 Å². The summed E-state index contributed by atoms with van der Waals surface area (Å²) in [6.07, 6.45) is 4.57. The van der Waals surface area contributed by atoms with Crippen LogP contribution in [0.25, 0.3) is 0 Å². The summed E-state index contributed by atoms with van der Waals surface area (Å²) < 4.78 is 0. The van der Waals surface area contributed by atoms with Gasteiger partial charge in [0.25, 0.3) is 0 Å². The lowest BCUT2D eigenvalue weighted by Crippen LogP contribution is -2.24. The van der Waals surface area contributed by atoms with Crippen molar-refractivity contribution in [2.75, 3.05) is 0 Å². The Bertz CT molecular complexity index is 558. The molecule has 0 aliphatic heterocycles. The number of hydrogen-bond donors (Lipinski definition) is 1. The minimum atomic E-state index is 0.197. The second-order valence-electron chi connectivity index (χ2n) is 4.80. The molecule has 0 fully saturated rings. The molecule has 2 atom stereocenters. The largest absolute Gasteiger partial charge is 0.303 e. The van der Waals surface area contributed by atoms with Crippen LogP contribution in [0.2, 0.25) is 10.0 Å². The van der Waals surface area contributed by atoms with E-state index in [2.05, 4.69) is 24.1 Å². The van der Waals surface area contributed by atoms with E-state index in [-0.39, 0.29) is 12.1 Å². The summed E-state index contributed by atoms with van der Waals surface area (Å²) in [5.74, 6) is 0. The summed E-state index contributed by atoms with van der Waals surface area (Å²) in [7, 11) is 0. The van der Waals surface area contributed by atoms with Gasteiger partial charge in [-0.2, -0.15) is 0 Å². The maximum atomic E-state index is 6.30. The van der Waals surface area contributed by atoms with Gasteiger partial charge in [0.05, 0.1) is 0 Å². The third-order valence-electron chi connectivity index (χ3n) is 3.40. The van der Waals surface area contributed by atoms with E-state index in [0.29, 0.717) is 10.0 Å². The molecule has 0 spiro atoms. The predicted octanol–water partition coefficient (Wildman–Crippen LogP) is 5.19. The SMILES string of the molecule is CCC(N[C@@H](C)c1ccncc1)c1ccc(Cl)cc1Cl. The molecule has 1 N–H and O–H groups in total. The summed E-state index contributed by atoms with van der Waals surface area (Å²) in [5.41, 5.74) is 2.29. The number of hydrogen-bond acceptors (Lipinski definition) is 2. The van der Waals surface area contributed by atoms with Crippen molar-refractivity contribution in [3.63, 3.8) is 0 Å². The van der Waals surface area contributed by atoms with Crippen molar-refractivity contribution < 1.29 is 0 Å². The molecule has 0 aliphatic carbocycles. The highest BCUT2D eigenvalue weighted by Gasteiger charge is 2.16. The van der Waals surface area contributed by atoms with E-state index in [1.54, 1.807) is 6.07 Å². The van der Waals surface area contributed by atoms with E-state index >= 15 is 0 Å². The van der Waals surface area contributed by atoms with Gasteiger partial charge in [0.2, 0.25) is 0 Å². The molecule has 0 aliphatic rings. The Kier molecular flexibility index (Phi) is 5.41. The van der Waals surface area contributed by atoms with Gasteiger partial charge in [-0.25, -0.2) is 0 Å². The second kappa shape index (κ2) is 7.07. The highest BCUT2D eigenvalue weighted by atomic mass is 35.5. The first-order valence-electron chi connectivity index (χ1n) is 6.72. The van der Waals surface area contributed by atoms with Crippen LogP contribution in [-0.2, 0) is 0 Å². The molecular formula is C16H18Cl2N2. The number of nitrogens with one attached hydrogen (secondary N) is 1. The topological polar surface area (TPSA) is 24.9 Å². The Morgan fingerprint density at radius 3 is 2.45 bits per heavy atom. The van der Waals surface area contributed by atoms with Crippen LogP contribution in [0.1, 0.15) is 43.5 Å². The van der Waals surface area contributed by atoms with Crippen molar-refractivity contribution in [2.45, 2.75) is 32.4 Å². The summed E-state index contributed by atoms with van der Waals surface area (Å²) in [4.78, 5) is 4.05. The van der Waals surface area contributed by atoms with Crippen molar-refractivity contribution in [1.29, 1.82) is 0 Å². The number of benzene rings is 1. The number of halogens is 2. The van der Waals surface area contributed by atoms with Crippen molar-refractivity contribution in [3.8, 4) is 0 Å². The normalized spacial score (nSPS) is 14.0. The third kappa shape index (κ3) is 3.72. The summed E-state index contributed by atoms with van der Waals surface area (Å²) in [6.45, 7) is 4.28. The average Bonchev–Trinajstić information content (AvgIpc) is 2.46. The van der Waals surface area contributed by atoms with Crippen LogP contribution in [0.15, 0.2) is 42.7 Å². The molecule has 106 valence electrons. The van der Waals surface area contributed by atoms with Gasteiger partial charge in [0.1, 0.15) is 0 Å². The molecule has 1 unspecified atom stereocenters. The van der Waals surface area contributed by atoms with Crippen LogP contribution in [0.3, 0.4) is 0 Å². The Labute approximate surface area is 130 Å². The van der Waals surface area contributed by atoms with E-state index < -0.39 is 0 Å². The van der Waals surface area contributed by atoms with Crippen LogP contribution in [0, 0.1) is 0 Å². The molecule has 0 radical (unpaired) electrons. The lowest BCUT2D eigenvalue weighted by molar-refractivity contribution is 0.456. The molecule has 20 heavy (non-hydrogen) atoms. The molecule has 4 heteroatoms. The first-order chi connectivity index (χ1) is 9.61. The van der Waals surface area contributed by atoms with E-state index in [1.807, 2.05) is 36.7 Å². The van der Waals surface area contributed by atoms with Gasteiger partial charge in [-0.15, -0.1) is 0 Å². The minimum Gasteiger partial charge on any atom is -0.303 e. The predicted molar refractivity (Wildman–Crippen MR) is 85.3 cm³/mol. The molecular weight excluding hydrogens is 291 g/mol. The van der Waals surface area contributed by atoms with Crippen LogP contribution in [-0.4, -0.2) is 4.98 Å². The molecule has 0 saturated carbocycles. The van der Waals surface area contributed by atoms with E-state index in [0.717, 1.165) is 12.0 Å². The summed E-state index contributed by atoms with van der Waals surface area (Å²) in [5, 5.41) is 4.97. The molecule has 0 saturated heterocycles. The lowest BCUT2D eigenvalue weighted by atomic mass is 10.0. The first-order valence-corrected chi connectivity index (χ1v) is 7.48. The van der Waals surface area contributed by atoms with E-state index in [9.17, 15) is 0 Å². The van der Waals surface area contributed by atoms with Gasteiger partial charge >= 0.3 is 0 Å². The average molecular weight is 309 g/mol. The molecule has 2 aromatic rings. The van der Waals surface area contributed by atoms with Crippen molar-refractivity contribution in [2.24, 2.45) is 0 Å². The quantitative estimate of drug-likeness (QED) is 0.822. The molecule has 1 aromatic heterocycles. The standard InChI is InChI=1S/C16H18Cl2N2/c1-3-16(14-5-4-13(17)10-15(14)18)20-11(2)12-6-8-19-9-7-12/h4-11,16,20H,3H2,1-2H3/t11-,16?/m0/s1. The summed E-state index contributed by atoms with van der Waals surface area (Å²) >= 11 is 12.3. The van der Waals surface area contributed by atoms with Crippen molar-refractivity contribution in [3.05, 3.63) is 63.9 Å². The summed E-state index contributed by atoms with van der Waals surface area (Å²) in [6, 6.07) is 10.1. The van der Waals surface area contributed by atoms with Gasteiger partial charge in [-0.3, -0.25) is 4.98 Å². The van der Waals surface area contributed by atoms with E-state index in [4.69, 9.17) is 23.2 Å². The Balaban J connectivity index is 2.17. The number of pyridine rings is 1. The lowest BCUT2D eigenvalue weighted by Gasteiger charge is -2.24. The zero-order chi connectivity index (χ0) is 14.5. The number of nitrogens with zero attached hydrogens (tertiary/aromatic N) is 1. The fraction of sp³-hybridized carbons (Fsp3) is 0.312. The fourth-order valence-electron chi connectivity index (χ4n) is 2.26. The van der Waals surface area contributed by atoms with Crippen LogP contribution < -0.4 is 5.32 Å². The third-order valence-corrected chi connectivity index (χ3v) is 3.97. The smallest absolute Gasteiger partial charge is 0.0468 e. The van der Waals surface area contributed by atoms with Gasteiger partial charge in [-0.1, -0.05) is 36.2 Å². The van der Waals surface area contributed by atoms with Crippen molar-refractivity contribution in [1.82, 2.24) is 10.3 Å². The molecule has 2 rings (SSSR count). The van der Waals surface area contributed by atoms with Gasteiger partial charge in [0, 0.05) is 34.5 Å². The Morgan fingerprint density at radius 1 is 1.15 bits per heavy atom. The second-order valence-corrected chi connectivity index (χ2v) is 5.64. The molecule has 2 nitrogen and oxygen atoms in total. The van der Waals surface area contributed by atoms with Gasteiger partial charge < -0.3 is 5.32 Å². The van der Waals surface area contributed by atoms with E-state index in [1.165, 1.54) is 5.56 Å². The maximum absolute atomic E-state index is 6.30. The Hall–Kier alpha value is -1.09. The molecule has 0 bridgehead atoms. The maximum Gasteiger partial charge on any atom is 0.0468 e. The van der Waals surface area contributed by atoms with Gasteiger partial charge in [-0.05, 0) is 48.7 Å². The first kappa shape index (κ1) is 15.3.